The second-order valence-corrected chi connectivity index (χ2v) is 8.29. The van der Waals surface area contributed by atoms with Crippen molar-refractivity contribution >= 4 is 11.6 Å². The first kappa shape index (κ1) is 14.4. The van der Waals surface area contributed by atoms with E-state index in [2.05, 4.69) is 10.0 Å². The van der Waals surface area contributed by atoms with E-state index in [1.807, 2.05) is 30.3 Å². The Kier molecular flexibility index (Phi) is 3.19. The summed E-state index contributed by atoms with van der Waals surface area (Å²) in [5.74, 6) is 0.849. The van der Waals surface area contributed by atoms with Crippen molar-refractivity contribution in [1.82, 2.24) is 0 Å². The van der Waals surface area contributed by atoms with Crippen molar-refractivity contribution in [3.05, 3.63) is 46.3 Å². The second-order valence-electron chi connectivity index (χ2n) is 7.49. The lowest BCUT2D eigenvalue weighted by Crippen LogP contribution is -2.63. The van der Waals surface area contributed by atoms with Gasteiger partial charge in [0.15, 0.2) is 0 Å². The summed E-state index contributed by atoms with van der Waals surface area (Å²) in [7, 11) is 0. The maximum absolute atomic E-state index is 11.3. The first-order valence-corrected chi connectivity index (χ1v) is 8.41. The van der Waals surface area contributed by atoms with Gasteiger partial charge in [-0.1, -0.05) is 35.4 Å². The van der Waals surface area contributed by atoms with E-state index in [4.69, 9.17) is 17.1 Å². The van der Waals surface area contributed by atoms with Gasteiger partial charge in [0, 0.05) is 15.7 Å². The molecule has 0 aliphatic heterocycles. The molecule has 4 saturated carbocycles. The highest BCUT2D eigenvalue weighted by Crippen LogP contribution is 2.65. The van der Waals surface area contributed by atoms with Crippen LogP contribution in [0, 0.1) is 17.8 Å². The van der Waals surface area contributed by atoms with Crippen molar-refractivity contribution in [2.75, 3.05) is 0 Å². The van der Waals surface area contributed by atoms with Crippen LogP contribution in [-0.2, 0) is 0 Å². The molecular formula is C17H20ClN3O. The number of alkyl halides is 1. The summed E-state index contributed by atoms with van der Waals surface area (Å²) >= 11 is 6.75. The largest absolute Gasteiger partial charge is 0.389 e. The molecule has 4 aliphatic rings. The molecule has 0 radical (unpaired) electrons. The van der Waals surface area contributed by atoms with Crippen LogP contribution in [0.4, 0.5) is 0 Å². The average Bonchev–Trinajstić information content (AvgIpc) is 2.44. The van der Waals surface area contributed by atoms with Crippen LogP contribution in [0.1, 0.15) is 43.7 Å². The standard InChI is InChI=1S/C17H20ClN3O/c18-16-7-11-6-13(9-16)14(17(22,8-11)10-16)15(20-21-19)12-4-2-1-3-5-12/h1-5,11,13-15,22H,6-10H2/t11?,13?,14?,15?,16?,17-/m1/s1. The molecule has 5 heteroatoms. The third-order valence-electron chi connectivity index (χ3n) is 5.97. The van der Waals surface area contributed by atoms with Crippen LogP contribution in [0.2, 0.25) is 0 Å². The SMILES string of the molecule is [N-]=[N+]=NC(c1ccccc1)C1C2CC3CC(Cl)(C2)C[C@]1(O)C3. The Balaban J connectivity index is 1.76. The first-order valence-electron chi connectivity index (χ1n) is 8.03. The number of rotatable bonds is 3. The van der Waals surface area contributed by atoms with Gasteiger partial charge in [-0.15, -0.1) is 11.6 Å². The summed E-state index contributed by atoms with van der Waals surface area (Å²) in [5.41, 5.74) is 9.24. The Morgan fingerprint density at radius 3 is 2.68 bits per heavy atom. The van der Waals surface area contributed by atoms with Crippen LogP contribution in [0.5, 0.6) is 0 Å². The number of nitrogens with zero attached hydrogens (tertiary/aromatic N) is 3. The van der Waals surface area contributed by atoms with E-state index in [-0.39, 0.29) is 16.8 Å². The summed E-state index contributed by atoms with van der Waals surface area (Å²) in [4.78, 5) is 2.83. The fraction of sp³-hybridized carbons (Fsp3) is 0.647. The number of hydrogen-bond acceptors (Lipinski definition) is 2. The minimum absolute atomic E-state index is 0.0192. The first-order chi connectivity index (χ1) is 10.5. The van der Waals surface area contributed by atoms with Crippen molar-refractivity contribution in [3.8, 4) is 0 Å². The predicted molar refractivity (Wildman–Crippen MR) is 85.4 cm³/mol. The Morgan fingerprint density at radius 1 is 1.27 bits per heavy atom. The van der Waals surface area contributed by atoms with Crippen molar-refractivity contribution in [2.24, 2.45) is 22.9 Å². The molecule has 4 nitrogen and oxygen atoms in total. The van der Waals surface area contributed by atoms with Crippen LogP contribution < -0.4 is 0 Å². The van der Waals surface area contributed by atoms with Gasteiger partial charge in [0.1, 0.15) is 0 Å². The molecule has 4 aliphatic carbocycles. The molecule has 0 amide bonds. The van der Waals surface area contributed by atoms with E-state index in [0.29, 0.717) is 18.3 Å². The lowest BCUT2D eigenvalue weighted by Gasteiger charge is -2.63. The highest BCUT2D eigenvalue weighted by molar-refractivity contribution is 6.24. The van der Waals surface area contributed by atoms with Gasteiger partial charge in [-0.05, 0) is 55.0 Å². The Bertz CT molecular complexity index is 632. The Hall–Kier alpha value is -1.22. The van der Waals surface area contributed by atoms with Gasteiger partial charge in [0.25, 0.3) is 0 Å². The van der Waals surface area contributed by atoms with Gasteiger partial charge in [-0.2, -0.15) is 0 Å². The quantitative estimate of drug-likeness (QED) is 0.377. The topological polar surface area (TPSA) is 69.0 Å². The van der Waals surface area contributed by atoms with Gasteiger partial charge >= 0.3 is 0 Å². The molecule has 1 aromatic rings. The average molecular weight is 318 g/mol. The lowest BCUT2D eigenvalue weighted by molar-refractivity contribution is -0.170. The molecule has 0 spiro atoms. The minimum atomic E-state index is -0.791. The molecular weight excluding hydrogens is 298 g/mol. The van der Waals surface area contributed by atoms with E-state index in [9.17, 15) is 5.11 Å². The molecule has 0 saturated heterocycles. The van der Waals surface area contributed by atoms with Crippen LogP contribution in [0.25, 0.3) is 10.4 Å². The molecule has 1 N–H and O–H groups in total. The zero-order valence-electron chi connectivity index (χ0n) is 12.4. The summed E-state index contributed by atoms with van der Waals surface area (Å²) in [5, 5.41) is 15.4. The molecule has 5 rings (SSSR count). The third kappa shape index (κ3) is 2.13. The van der Waals surface area contributed by atoms with E-state index in [0.717, 1.165) is 31.2 Å². The zero-order valence-corrected chi connectivity index (χ0v) is 13.2. The maximum Gasteiger partial charge on any atom is 0.0705 e. The van der Waals surface area contributed by atoms with E-state index < -0.39 is 5.60 Å². The number of benzene rings is 1. The van der Waals surface area contributed by atoms with Gasteiger partial charge < -0.3 is 5.11 Å². The monoisotopic (exact) mass is 317 g/mol. The number of azide groups is 1. The van der Waals surface area contributed by atoms with Crippen LogP contribution in [0.3, 0.4) is 0 Å². The summed E-state index contributed by atoms with van der Waals surface area (Å²) in [6.45, 7) is 0. The van der Waals surface area contributed by atoms with Crippen molar-refractivity contribution < 1.29 is 5.11 Å². The van der Waals surface area contributed by atoms with Crippen LogP contribution in [-0.4, -0.2) is 15.6 Å². The van der Waals surface area contributed by atoms with Gasteiger partial charge in [-0.3, -0.25) is 0 Å². The third-order valence-corrected chi connectivity index (χ3v) is 6.41. The number of halogens is 1. The smallest absolute Gasteiger partial charge is 0.0705 e. The molecule has 1 aromatic carbocycles. The normalized spacial score (nSPS) is 43.6. The fourth-order valence-electron chi connectivity index (χ4n) is 5.66. The summed E-state index contributed by atoms with van der Waals surface area (Å²) in [6.07, 6.45) is 4.49. The van der Waals surface area contributed by atoms with Gasteiger partial charge in [0.2, 0.25) is 0 Å². The second kappa shape index (κ2) is 4.89. The molecule has 116 valence electrons. The van der Waals surface area contributed by atoms with Gasteiger partial charge in [0.05, 0.1) is 11.6 Å². The summed E-state index contributed by atoms with van der Waals surface area (Å²) in [6, 6.07) is 9.54. The Labute approximate surface area is 135 Å². The maximum atomic E-state index is 11.3. The lowest BCUT2D eigenvalue weighted by atomic mass is 9.47. The van der Waals surface area contributed by atoms with Crippen LogP contribution >= 0.6 is 11.6 Å². The molecule has 5 unspecified atom stereocenters. The molecule has 6 atom stereocenters. The molecule has 4 fully saturated rings. The summed E-state index contributed by atoms with van der Waals surface area (Å²) < 4.78 is 0. The van der Waals surface area contributed by atoms with Crippen molar-refractivity contribution in [1.29, 1.82) is 0 Å². The molecule has 22 heavy (non-hydrogen) atoms. The van der Waals surface area contributed by atoms with E-state index in [1.165, 1.54) is 0 Å². The number of hydrogen-bond donors (Lipinski definition) is 1. The highest BCUT2D eigenvalue weighted by Gasteiger charge is 2.63. The fourth-order valence-corrected chi connectivity index (χ4v) is 6.30. The van der Waals surface area contributed by atoms with Crippen LogP contribution in [0.15, 0.2) is 35.4 Å². The van der Waals surface area contributed by atoms with Crippen molar-refractivity contribution in [2.45, 2.75) is 48.6 Å². The van der Waals surface area contributed by atoms with E-state index in [1.54, 1.807) is 0 Å². The van der Waals surface area contributed by atoms with Crippen molar-refractivity contribution in [3.63, 3.8) is 0 Å². The predicted octanol–water partition coefficient (Wildman–Crippen LogP) is 4.59. The minimum Gasteiger partial charge on any atom is -0.389 e. The molecule has 0 heterocycles. The zero-order chi connectivity index (χ0) is 15.4. The van der Waals surface area contributed by atoms with Gasteiger partial charge in [-0.25, -0.2) is 0 Å². The van der Waals surface area contributed by atoms with E-state index >= 15 is 0 Å². The molecule has 0 aromatic heterocycles. The highest BCUT2D eigenvalue weighted by atomic mass is 35.5. The number of aliphatic hydroxyl groups is 1. The molecule has 4 bridgehead atoms. The Morgan fingerprint density at radius 2 is 2.05 bits per heavy atom.